The maximum absolute atomic E-state index is 13.2. The number of benzene rings is 3. The molecule has 2 aliphatic heterocycles. The van der Waals surface area contributed by atoms with Crippen molar-refractivity contribution in [2.45, 2.75) is 5.37 Å². The standard InChI is InChI=1S/C23H19NO4S/c25-22(16-9-10-20-21(14-16)27-15-26-20)24-11-12-29-23(24)17-5-4-8-19(13-17)28-18-6-2-1-3-7-18/h1-10,13-14,23H,11-12,15H2/t23-/m0/s1. The van der Waals surface area contributed by atoms with Gasteiger partial charge < -0.3 is 19.1 Å². The van der Waals surface area contributed by atoms with Gasteiger partial charge in [0.25, 0.3) is 5.91 Å². The molecule has 2 heterocycles. The molecule has 0 bridgehead atoms. The molecule has 6 heteroatoms. The zero-order chi connectivity index (χ0) is 19.6. The number of para-hydroxylation sites is 1. The molecule has 5 rings (SSSR count). The first-order valence-corrected chi connectivity index (χ1v) is 10.5. The lowest BCUT2D eigenvalue weighted by Crippen LogP contribution is -2.30. The number of fused-ring (bicyclic) bond motifs is 1. The normalized spacial score (nSPS) is 17.4. The summed E-state index contributed by atoms with van der Waals surface area (Å²) in [6.45, 7) is 0.899. The molecule has 0 unspecified atom stereocenters. The fourth-order valence-corrected chi connectivity index (χ4v) is 4.75. The molecule has 0 aliphatic carbocycles. The monoisotopic (exact) mass is 405 g/mol. The van der Waals surface area contributed by atoms with Crippen molar-refractivity contribution in [2.75, 3.05) is 19.1 Å². The highest BCUT2D eigenvalue weighted by atomic mass is 32.2. The van der Waals surface area contributed by atoms with Crippen LogP contribution in [0.4, 0.5) is 0 Å². The van der Waals surface area contributed by atoms with Crippen LogP contribution < -0.4 is 14.2 Å². The number of ether oxygens (including phenoxy) is 3. The second-order valence-corrected chi connectivity index (χ2v) is 7.97. The summed E-state index contributed by atoms with van der Waals surface area (Å²) in [4.78, 5) is 15.1. The van der Waals surface area contributed by atoms with Gasteiger partial charge in [0.15, 0.2) is 11.5 Å². The van der Waals surface area contributed by atoms with E-state index in [2.05, 4.69) is 0 Å². The topological polar surface area (TPSA) is 48.0 Å². The second-order valence-electron chi connectivity index (χ2n) is 6.78. The van der Waals surface area contributed by atoms with Crippen LogP contribution in [-0.4, -0.2) is 29.9 Å². The Balaban J connectivity index is 1.38. The Kier molecular flexibility index (Phi) is 4.77. The minimum Gasteiger partial charge on any atom is -0.457 e. The molecule has 1 saturated heterocycles. The van der Waals surface area contributed by atoms with Crippen LogP contribution in [0.3, 0.4) is 0 Å². The Bertz CT molecular complexity index is 1040. The van der Waals surface area contributed by atoms with E-state index in [1.165, 1.54) is 0 Å². The van der Waals surface area contributed by atoms with Gasteiger partial charge in [0.05, 0.1) is 0 Å². The zero-order valence-corrected chi connectivity index (χ0v) is 16.4. The Morgan fingerprint density at radius 1 is 0.931 bits per heavy atom. The summed E-state index contributed by atoms with van der Waals surface area (Å²) in [7, 11) is 0. The number of rotatable bonds is 4. The van der Waals surface area contributed by atoms with Crippen molar-refractivity contribution in [3.05, 3.63) is 83.9 Å². The summed E-state index contributed by atoms with van der Waals surface area (Å²) in [6.07, 6.45) is 0. The first-order valence-electron chi connectivity index (χ1n) is 9.43. The summed E-state index contributed by atoms with van der Waals surface area (Å²) in [5.74, 6) is 3.74. The average molecular weight is 405 g/mol. The van der Waals surface area contributed by atoms with E-state index in [4.69, 9.17) is 14.2 Å². The van der Waals surface area contributed by atoms with Gasteiger partial charge in [-0.15, -0.1) is 11.8 Å². The van der Waals surface area contributed by atoms with E-state index in [9.17, 15) is 4.79 Å². The summed E-state index contributed by atoms with van der Waals surface area (Å²) in [6, 6.07) is 23.0. The lowest BCUT2D eigenvalue weighted by atomic mass is 10.1. The quantitative estimate of drug-likeness (QED) is 0.605. The predicted molar refractivity (Wildman–Crippen MR) is 112 cm³/mol. The van der Waals surface area contributed by atoms with Crippen molar-refractivity contribution >= 4 is 17.7 Å². The Morgan fingerprint density at radius 3 is 2.66 bits per heavy atom. The predicted octanol–water partition coefficient (Wildman–Crippen LogP) is 5.10. The third kappa shape index (κ3) is 3.63. The van der Waals surface area contributed by atoms with Gasteiger partial charge in [-0.3, -0.25) is 4.79 Å². The minimum absolute atomic E-state index is 0.00678. The Labute approximate surface area is 173 Å². The lowest BCUT2D eigenvalue weighted by molar-refractivity contribution is 0.0759. The van der Waals surface area contributed by atoms with Gasteiger partial charge in [-0.05, 0) is 48.0 Å². The number of carbonyl (C=O) groups excluding carboxylic acids is 1. The van der Waals surface area contributed by atoms with E-state index >= 15 is 0 Å². The number of amides is 1. The molecule has 0 N–H and O–H groups in total. The van der Waals surface area contributed by atoms with Crippen LogP contribution in [0.15, 0.2) is 72.8 Å². The molecular weight excluding hydrogens is 386 g/mol. The van der Waals surface area contributed by atoms with E-state index in [-0.39, 0.29) is 18.1 Å². The van der Waals surface area contributed by atoms with Crippen molar-refractivity contribution in [3.63, 3.8) is 0 Å². The summed E-state index contributed by atoms with van der Waals surface area (Å²) >= 11 is 1.76. The van der Waals surface area contributed by atoms with Crippen LogP contribution in [-0.2, 0) is 0 Å². The van der Waals surface area contributed by atoms with Crippen molar-refractivity contribution in [1.82, 2.24) is 4.90 Å². The highest BCUT2D eigenvalue weighted by molar-refractivity contribution is 7.99. The molecule has 29 heavy (non-hydrogen) atoms. The molecule has 1 fully saturated rings. The van der Waals surface area contributed by atoms with Gasteiger partial charge in [0.2, 0.25) is 6.79 Å². The molecule has 146 valence electrons. The average Bonchev–Trinajstić information content (AvgIpc) is 3.43. The summed E-state index contributed by atoms with van der Waals surface area (Å²) in [5, 5.41) is -0.0488. The smallest absolute Gasteiger partial charge is 0.255 e. The molecule has 3 aromatic carbocycles. The number of hydrogen-bond donors (Lipinski definition) is 0. The summed E-state index contributed by atoms with van der Waals surface area (Å²) in [5.41, 5.74) is 1.66. The first-order chi connectivity index (χ1) is 14.3. The van der Waals surface area contributed by atoms with Gasteiger partial charge in [-0.25, -0.2) is 0 Å². The number of hydrogen-bond acceptors (Lipinski definition) is 5. The van der Waals surface area contributed by atoms with Gasteiger partial charge in [0, 0.05) is 17.9 Å². The Hall–Kier alpha value is -3.12. The largest absolute Gasteiger partial charge is 0.457 e. The van der Waals surface area contributed by atoms with Crippen molar-refractivity contribution in [2.24, 2.45) is 0 Å². The molecule has 5 nitrogen and oxygen atoms in total. The molecule has 0 spiro atoms. The maximum Gasteiger partial charge on any atom is 0.255 e. The highest BCUT2D eigenvalue weighted by Gasteiger charge is 2.32. The molecule has 1 atom stereocenters. The van der Waals surface area contributed by atoms with Crippen molar-refractivity contribution in [3.8, 4) is 23.0 Å². The van der Waals surface area contributed by atoms with Gasteiger partial charge in [-0.1, -0.05) is 30.3 Å². The maximum atomic E-state index is 13.2. The van der Waals surface area contributed by atoms with Crippen molar-refractivity contribution < 1.29 is 19.0 Å². The molecular formula is C23H19NO4S. The molecule has 0 saturated carbocycles. The van der Waals surface area contributed by atoms with E-state index in [0.717, 1.165) is 22.8 Å². The van der Waals surface area contributed by atoms with E-state index in [0.29, 0.717) is 23.6 Å². The fraction of sp³-hybridized carbons (Fsp3) is 0.174. The van der Waals surface area contributed by atoms with Gasteiger partial charge in [-0.2, -0.15) is 0 Å². The van der Waals surface area contributed by atoms with E-state index in [1.54, 1.807) is 30.0 Å². The number of thioether (sulfide) groups is 1. The Morgan fingerprint density at radius 2 is 1.76 bits per heavy atom. The van der Waals surface area contributed by atoms with E-state index < -0.39 is 0 Å². The van der Waals surface area contributed by atoms with Crippen molar-refractivity contribution in [1.29, 1.82) is 0 Å². The molecule has 0 aromatic heterocycles. The molecule has 0 radical (unpaired) electrons. The van der Waals surface area contributed by atoms with Gasteiger partial charge >= 0.3 is 0 Å². The second kappa shape index (κ2) is 7.72. The number of carbonyl (C=O) groups is 1. The third-order valence-corrected chi connectivity index (χ3v) is 6.15. The zero-order valence-electron chi connectivity index (χ0n) is 15.6. The fourth-order valence-electron chi connectivity index (χ4n) is 3.51. The van der Waals surface area contributed by atoms with E-state index in [1.807, 2.05) is 59.5 Å². The molecule has 2 aliphatic rings. The van der Waals surface area contributed by atoms with Crippen LogP contribution in [0.5, 0.6) is 23.0 Å². The van der Waals surface area contributed by atoms with Crippen LogP contribution in [0.1, 0.15) is 21.3 Å². The molecule has 3 aromatic rings. The summed E-state index contributed by atoms with van der Waals surface area (Å²) < 4.78 is 16.7. The highest BCUT2D eigenvalue weighted by Crippen LogP contribution is 2.41. The number of nitrogens with zero attached hydrogens (tertiary/aromatic N) is 1. The van der Waals surface area contributed by atoms with Crippen LogP contribution in [0.2, 0.25) is 0 Å². The SMILES string of the molecule is O=C(c1ccc2c(c1)OCO2)N1CCS[C@H]1c1cccc(Oc2ccccc2)c1. The van der Waals surface area contributed by atoms with Gasteiger partial charge in [0.1, 0.15) is 16.9 Å². The first kappa shape index (κ1) is 17.9. The van der Waals surface area contributed by atoms with Crippen LogP contribution >= 0.6 is 11.8 Å². The molecule has 1 amide bonds. The van der Waals surface area contributed by atoms with Crippen LogP contribution in [0.25, 0.3) is 0 Å². The third-order valence-electron chi connectivity index (χ3n) is 4.89. The minimum atomic E-state index is -0.0488. The van der Waals surface area contributed by atoms with Crippen LogP contribution in [0, 0.1) is 0 Å². The lowest BCUT2D eigenvalue weighted by Gasteiger charge is -2.24.